The largest absolute Gasteiger partial charge is 0.353 e. The molecule has 2 N–H and O–H groups in total. The molecule has 5 rings (SSSR count). The van der Waals surface area contributed by atoms with Crippen LogP contribution in [0.25, 0.3) is 44.6 Å². The molecule has 0 fully saturated rings. The molecule has 24 heavy (non-hydrogen) atoms. The maximum Gasteiger partial charge on any atom is 0.114 e. The van der Waals surface area contributed by atoms with Gasteiger partial charge in [-0.1, -0.05) is 36.4 Å². The lowest BCUT2D eigenvalue weighted by atomic mass is 10.1. The van der Waals surface area contributed by atoms with Crippen molar-refractivity contribution in [1.82, 2.24) is 19.9 Å². The van der Waals surface area contributed by atoms with Crippen LogP contribution in [0.3, 0.4) is 0 Å². The van der Waals surface area contributed by atoms with E-state index >= 15 is 0 Å². The molecular weight excluding hydrogens is 296 g/mol. The van der Waals surface area contributed by atoms with E-state index < -0.39 is 0 Å². The normalized spacial score (nSPS) is 11.3. The summed E-state index contributed by atoms with van der Waals surface area (Å²) < 4.78 is 0. The Balaban J connectivity index is 1.72. The van der Waals surface area contributed by atoms with Crippen molar-refractivity contribution >= 4 is 21.8 Å². The third-order valence-electron chi connectivity index (χ3n) is 4.27. The average Bonchev–Trinajstić information content (AvgIpc) is 3.25. The van der Waals surface area contributed by atoms with Gasteiger partial charge in [-0.3, -0.25) is 9.97 Å². The minimum Gasteiger partial charge on any atom is -0.353 e. The number of aromatic nitrogens is 4. The second kappa shape index (κ2) is 5.06. The molecule has 0 unspecified atom stereocenters. The highest BCUT2D eigenvalue weighted by atomic mass is 14.9. The highest BCUT2D eigenvalue weighted by Crippen LogP contribution is 2.31. The Morgan fingerprint density at radius 1 is 0.583 bits per heavy atom. The highest BCUT2D eigenvalue weighted by Gasteiger charge is 2.14. The van der Waals surface area contributed by atoms with Gasteiger partial charge in [0.05, 0.1) is 11.4 Å². The minimum absolute atomic E-state index is 0.847. The zero-order chi connectivity index (χ0) is 15.9. The van der Waals surface area contributed by atoms with Gasteiger partial charge in [-0.2, -0.15) is 0 Å². The number of aromatic amines is 2. The summed E-state index contributed by atoms with van der Waals surface area (Å²) >= 11 is 0. The summed E-state index contributed by atoms with van der Waals surface area (Å²) in [6.07, 6.45) is 3.46. The van der Waals surface area contributed by atoms with E-state index in [9.17, 15) is 0 Å². The molecule has 0 aliphatic carbocycles. The second-order valence-electron chi connectivity index (χ2n) is 5.79. The average molecular weight is 310 g/mol. The van der Waals surface area contributed by atoms with Gasteiger partial charge < -0.3 is 9.97 Å². The van der Waals surface area contributed by atoms with Crippen molar-refractivity contribution in [3.63, 3.8) is 0 Å². The molecule has 4 nitrogen and oxygen atoms in total. The lowest BCUT2D eigenvalue weighted by Crippen LogP contribution is -1.92. The first-order chi connectivity index (χ1) is 11.9. The van der Waals surface area contributed by atoms with Crippen LogP contribution in [0.4, 0.5) is 0 Å². The summed E-state index contributed by atoms with van der Waals surface area (Å²) in [6, 6.07) is 20.7. The zero-order valence-corrected chi connectivity index (χ0v) is 12.8. The van der Waals surface area contributed by atoms with Gasteiger partial charge in [0.1, 0.15) is 11.4 Å². The Bertz CT molecular complexity index is 1010. The molecule has 0 saturated carbocycles. The Hall–Kier alpha value is -3.40. The van der Waals surface area contributed by atoms with Crippen LogP contribution in [0.2, 0.25) is 0 Å². The third-order valence-corrected chi connectivity index (χ3v) is 4.27. The fraction of sp³-hybridized carbons (Fsp3) is 0. The summed E-state index contributed by atoms with van der Waals surface area (Å²) in [5.74, 6) is 0. The van der Waals surface area contributed by atoms with E-state index in [1.165, 1.54) is 10.8 Å². The summed E-state index contributed by atoms with van der Waals surface area (Å²) in [7, 11) is 0. The molecule has 0 spiro atoms. The fourth-order valence-corrected chi connectivity index (χ4v) is 3.13. The molecule has 0 aliphatic heterocycles. The molecule has 114 valence electrons. The lowest BCUT2D eigenvalue weighted by molar-refractivity contribution is 1.18. The Kier molecular flexibility index (Phi) is 2.76. The van der Waals surface area contributed by atoms with Gasteiger partial charge in [-0.05, 0) is 24.3 Å². The first-order valence-corrected chi connectivity index (χ1v) is 7.86. The molecule has 3 heterocycles. The molecule has 0 amide bonds. The van der Waals surface area contributed by atoms with Crippen LogP contribution in [0.1, 0.15) is 0 Å². The number of H-pyrrole nitrogens is 2. The molecule has 4 heteroatoms. The zero-order valence-electron chi connectivity index (χ0n) is 12.8. The number of rotatable bonds is 2. The van der Waals surface area contributed by atoms with Gasteiger partial charge in [0.15, 0.2) is 0 Å². The second-order valence-corrected chi connectivity index (χ2v) is 5.79. The van der Waals surface area contributed by atoms with Crippen molar-refractivity contribution < 1.29 is 0 Å². The number of nitrogens with zero attached hydrogens (tertiary/aromatic N) is 2. The molecule has 0 aliphatic rings. The maximum atomic E-state index is 4.58. The highest BCUT2D eigenvalue weighted by molar-refractivity contribution is 5.90. The fourth-order valence-electron chi connectivity index (χ4n) is 3.13. The molecular formula is C20H14N4. The third kappa shape index (κ3) is 2.01. The van der Waals surface area contributed by atoms with Crippen LogP contribution >= 0.6 is 0 Å². The number of hydrogen-bond acceptors (Lipinski definition) is 2. The summed E-state index contributed by atoms with van der Waals surface area (Å²) in [4.78, 5) is 16.0. The summed E-state index contributed by atoms with van der Waals surface area (Å²) in [5.41, 5.74) is 5.83. The van der Waals surface area contributed by atoms with Gasteiger partial charge in [0.25, 0.3) is 0 Å². The molecule has 0 atom stereocenters. The SMILES string of the molecule is c1ccc2[nH]c(-c3nccnc3-c3cc4ccccc4[nH]3)cc2c1. The van der Waals surface area contributed by atoms with E-state index in [-0.39, 0.29) is 0 Å². The van der Waals surface area contributed by atoms with Crippen molar-refractivity contribution in [2.75, 3.05) is 0 Å². The van der Waals surface area contributed by atoms with Crippen molar-refractivity contribution in [1.29, 1.82) is 0 Å². The topological polar surface area (TPSA) is 57.4 Å². The van der Waals surface area contributed by atoms with Crippen LogP contribution in [0, 0.1) is 0 Å². The van der Waals surface area contributed by atoms with Gasteiger partial charge in [-0.25, -0.2) is 0 Å². The molecule has 3 aromatic heterocycles. The molecule has 0 bridgehead atoms. The van der Waals surface area contributed by atoms with Gasteiger partial charge in [-0.15, -0.1) is 0 Å². The van der Waals surface area contributed by atoms with Crippen molar-refractivity contribution in [3.05, 3.63) is 73.1 Å². The van der Waals surface area contributed by atoms with Crippen LogP contribution in [-0.2, 0) is 0 Å². The predicted octanol–water partition coefficient (Wildman–Crippen LogP) is 4.77. The molecule has 0 radical (unpaired) electrons. The van der Waals surface area contributed by atoms with E-state index in [1.807, 2.05) is 24.3 Å². The quantitative estimate of drug-likeness (QED) is 0.493. The lowest BCUT2D eigenvalue weighted by Gasteiger charge is -2.03. The first kappa shape index (κ1) is 13.1. The van der Waals surface area contributed by atoms with Gasteiger partial charge in [0.2, 0.25) is 0 Å². The van der Waals surface area contributed by atoms with Crippen LogP contribution in [0.5, 0.6) is 0 Å². The minimum atomic E-state index is 0.847. The maximum absolute atomic E-state index is 4.58. The summed E-state index contributed by atoms with van der Waals surface area (Å²) in [6.45, 7) is 0. The van der Waals surface area contributed by atoms with E-state index in [2.05, 4.69) is 56.3 Å². The van der Waals surface area contributed by atoms with E-state index in [4.69, 9.17) is 0 Å². The number of nitrogens with one attached hydrogen (secondary N) is 2. The van der Waals surface area contributed by atoms with E-state index in [0.29, 0.717) is 0 Å². The summed E-state index contributed by atoms with van der Waals surface area (Å²) in [5, 5.41) is 2.33. The van der Waals surface area contributed by atoms with Gasteiger partial charge >= 0.3 is 0 Å². The van der Waals surface area contributed by atoms with E-state index in [1.54, 1.807) is 12.4 Å². The Morgan fingerprint density at radius 3 is 1.50 bits per heavy atom. The smallest absolute Gasteiger partial charge is 0.114 e. The number of benzene rings is 2. The molecule has 0 saturated heterocycles. The number of hydrogen-bond donors (Lipinski definition) is 2. The van der Waals surface area contributed by atoms with Gasteiger partial charge in [0, 0.05) is 34.2 Å². The monoisotopic (exact) mass is 310 g/mol. The molecule has 2 aromatic carbocycles. The number of para-hydroxylation sites is 2. The Morgan fingerprint density at radius 2 is 1.04 bits per heavy atom. The van der Waals surface area contributed by atoms with E-state index in [0.717, 1.165) is 33.8 Å². The first-order valence-electron chi connectivity index (χ1n) is 7.86. The van der Waals surface area contributed by atoms with Crippen molar-refractivity contribution in [3.8, 4) is 22.8 Å². The standard InChI is InChI=1S/C20H14N4/c1-3-7-15-13(5-1)11-17(23-15)19-20(22-10-9-21-19)18-12-14-6-2-4-8-16(14)24-18/h1-12,23-24H. The Labute approximate surface area is 138 Å². The van der Waals surface area contributed by atoms with Crippen LogP contribution in [-0.4, -0.2) is 19.9 Å². The van der Waals surface area contributed by atoms with Crippen molar-refractivity contribution in [2.24, 2.45) is 0 Å². The predicted molar refractivity (Wildman–Crippen MR) is 96.6 cm³/mol. The van der Waals surface area contributed by atoms with Crippen LogP contribution < -0.4 is 0 Å². The van der Waals surface area contributed by atoms with Crippen molar-refractivity contribution in [2.45, 2.75) is 0 Å². The molecule has 5 aromatic rings. The van der Waals surface area contributed by atoms with Crippen LogP contribution in [0.15, 0.2) is 73.1 Å². The number of fused-ring (bicyclic) bond motifs is 2.